The zero-order valence-corrected chi connectivity index (χ0v) is 11.8. The molecule has 0 aromatic heterocycles. The maximum absolute atomic E-state index is 12.5. The van der Waals surface area contributed by atoms with Crippen LogP contribution in [0.4, 0.5) is 0 Å². The van der Waals surface area contributed by atoms with Crippen LogP contribution in [-0.4, -0.2) is 60.5 Å². The van der Waals surface area contributed by atoms with Gasteiger partial charge in [0.05, 0.1) is 0 Å². The highest BCUT2D eigenvalue weighted by Gasteiger charge is 2.37. The molecule has 0 aromatic rings. The quantitative estimate of drug-likeness (QED) is 0.700. The molecule has 19 heavy (non-hydrogen) atoms. The van der Waals surface area contributed by atoms with Crippen LogP contribution in [0.5, 0.6) is 0 Å². The SMILES string of the molecule is CCOCCCN1CCC(=O)N2CCCCC2C1=O. The molecular formula is C14H24N2O3. The second kappa shape index (κ2) is 6.89. The van der Waals surface area contributed by atoms with Crippen molar-refractivity contribution in [1.82, 2.24) is 9.80 Å². The number of carbonyl (C=O) groups is 2. The summed E-state index contributed by atoms with van der Waals surface area (Å²) in [6, 6.07) is -0.198. The molecule has 1 unspecified atom stereocenters. The van der Waals surface area contributed by atoms with Crippen LogP contribution in [0.2, 0.25) is 0 Å². The Morgan fingerprint density at radius 1 is 1.26 bits per heavy atom. The largest absolute Gasteiger partial charge is 0.382 e. The minimum Gasteiger partial charge on any atom is -0.382 e. The van der Waals surface area contributed by atoms with E-state index in [9.17, 15) is 9.59 Å². The lowest BCUT2D eigenvalue weighted by molar-refractivity contribution is -0.143. The third kappa shape index (κ3) is 3.47. The van der Waals surface area contributed by atoms with Crippen LogP contribution >= 0.6 is 0 Å². The number of carbonyl (C=O) groups excluding carboxylic acids is 2. The van der Waals surface area contributed by atoms with Gasteiger partial charge in [-0.1, -0.05) is 0 Å². The van der Waals surface area contributed by atoms with Gasteiger partial charge in [-0.25, -0.2) is 0 Å². The summed E-state index contributed by atoms with van der Waals surface area (Å²) in [5.74, 6) is 0.285. The average Bonchev–Trinajstić information content (AvgIpc) is 2.56. The van der Waals surface area contributed by atoms with Gasteiger partial charge in [-0.3, -0.25) is 9.59 Å². The van der Waals surface area contributed by atoms with Gasteiger partial charge in [0.15, 0.2) is 0 Å². The standard InChI is InChI=1S/C14H24N2O3/c1-2-19-11-5-8-15-10-7-13(17)16-9-4-3-6-12(16)14(15)18/h12H,2-11H2,1H3. The Labute approximate surface area is 114 Å². The van der Waals surface area contributed by atoms with Crippen molar-refractivity contribution in [2.75, 3.05) is 32.8 Å². The molecule has 5 nitrogen and oxygen atoms in total. The second-order valence-electron chi connectivity index (χ2n) is 5.22. The van der Waals surface area contributed by atoms with Gasteiger partial charge in [0.25, 0.3) is 0 Å². The van der Waals surface area contributed by atoms with Gasteiger partial charge in [0.2, 0.25) is 11.8 Å². The van der Waals surface area contributed by atoms with Crippen molar-refractivity contribution in [2.24, 2.45) is 0 Å². The number of hydrogen-bond acceptors (Lipinski definition) is 3. The molecule has 5 heteroatoms. The van der Waals surface area contributed by atoms with E-state index in [4.69, 9.17) is 4.74 Å². The van der Waals surface area contributed by atoms with Crippen molar-refractivity contribution in [3.63, 3.8) is 0 Å². The maximum Gasteiger partial charge on any atom is 0.245 e. The van der Waals surface area contributed by atoms with E-state index in [0.717, 1.165) is 32.2 Å². The van der Waals surface area contributed by atoms with E-state index in [1.165, 1.54) is 0 Å². The van der Waals surface area contributed by atoms with Gasteiger partial charge in [-0.2, -0.15) is 0 Å². The maximum atomic E-state index is 12.5. The highest BCUT2D eigenvalue weighted by Crippen LogP contribution is 2.22. The number of piperidine rings is 1. The zero-order chi connectivity index (χ0) is 13.7. The van der Waals surface area contributed by atoms with Crippen molar-refractivity contribution in [3.05, 3.63) is 0 Å². The minimum absolute atomic E-state index is 0.141. The fourth-order valence-electron chi connectivity index (χ4n) is 2.91. The van der Waals surface area contributed by atoms with Crippen LogP contribution in [-0.2, 0) is 14.3 Å². The summed E-state index contributed by atoms with van der Waals surface area (Å²) in [6.07, 6.45) is 4.22. The van der Waals surface area contributed by atoms with Crippen LogP contribution in [0.1, 0.15) is 39.0 Å². The van der Waals surface area contributed by atoms with Crippen LogP contribution in [0, 0.1) is 0 Å². The summed E-state index contributed by atoms with van der Waals surface area (Å²) in [5, 5.41) is 0. The Morgan fingerprint density at radius 2 is 2.11 bits per heavy atom. The normalized spacial score (nSPS) is 24.4. The number of fused-ring (bicyclic) bond motifs is 1. The first kappa shape index (κ1) is 14.3. The van der Waals surface area contributed by atoms with Gasteiger partial charge in [0.1, 0.15) is 6.04 Å². The summed E-state index contributed by atoms with van der Waals surface area (Å²) in [7, 11) is 0. The molecule has 0 saturated carbocycles. The van der Waals surface area contributed by atoms with E-state index in [1.807, 2.05) is 11.8 Å². The first-order valence-electron chi connectivity index (χ1n) is 7.40. The highest BCUT2D eigenvalue weighted by atomic mass is 16.5. The third-order valence-corrected chi connectivity index (χ3v) is 3.94. The minimum atomic E-state index is -0.198. The van der Waals surface area contributed by atoms with Gasteiger partial charge >= 0.3 is 0 Å². The van der Waals surface area contributed by atoms with Gasteiger partial charge in [-0.15, -0.1) is 0 Å². The Hall–Kier alpha value is -1.10. The number of ether oxygens (including phenoxy) is 1. The molecule has 2 aliphatic rings. The molecule has 2 saturated heterocycles. The topological polar surface area (TPSA) is 49.9 Å². The van der Waals surface area contributed by atoms with Crippen molar-refractivity contribution in [2.45, 2.75) is 45.1 Å². The van der Waals surface area contributed by atoms with E-state index < -0.39 is 0 Å². The van der Waals surface area contributed by atoms with Crippen molar-refractivity contribution in [1.29, 1.82) is 0 Å². The highest BCUT2D eigenvalue weighted by molar-refractivity contribution is 5.90. The fourth-order valence-corrected chi connectivity index (χ4v) is 2.91. The molecule has 0 bridgehead atoms. The summed E-state index contributed by atoms with van der Waals surface area (Å²) >= 11 is 0. The molecule has 1 atom stereocenters. The molecule has 0 N–H and O–H groups in total. The first-order valence-corrected chi connectivity index (χ1v) is 7.40. The Bertz CT molecular complexity index is 333. The van der Waals surface area contributed by atoms with Gasteiger partial charge < -0.3 is 14.5 Å². The first-order chi connectivity index (χ1) is 9.24. The molecule has 2 heterocycles. The number of hydrogen-bond donors (Lipinski definition) is 0. The van der Waals surface area contributed by atoms with Crippen LogP contribution < -0.4 is 0 Å². The zero-order valence-electron chi connectivity index (χ0n) is 11.8. The van der Waals surface area contributed by atoms with E-state index in [1.54, 1.807) is 4.90 Å². The molecule has 2 rings (SSSR count). The molecule has 0 aliphatic carbocycles. The van der Waals surface area contributed by atoms with Crippen LogP contribution in [0.25, 0.3) is 0 Å². The predicted molar refractivity (Wildman–Crippen MR) is 71.7 cm³/mol. The number of amides is 2. The van der Waals surface area contributed by atoms with E-state index in [2.05, 4.69) is 0 Å². The Balaban J connectivity index is 1.94. The molecule has 2 amide bonds. The van der Waals surface area contributed by atoms with Crippen molar-refractivity contribution in [3.8, 4) is 0 Å². The average molecular weight is 268 g/mol. The molecule has 108 valence electrons. The number of rotatable bonds is 5. The van der Waals surface area contributed by atoms with E-state index in [0.29, 0.717) is 32.7 Å². The van der Waals surface area contributed by atoms with Gasteiger partial charge in [0, 0.05) is 39.3 Å². The predicted octanol–water partition coefficient (Wildman–Crippen LogP) is 1.03. The van der Waals surface area contributed by atoms with Crippen molar-refractivity contribution < 1.29 is 14.3 Å². The van der Waals surface area contributed by atoms with Crippen molar-refractivity contribution >= 4 is 11.8 Å². The lowest BCUT2D eigenvalue weighted by Crippen LogP contribution is -2.49. The Kier molecular flexibility index (Phi) is 5.19. The summed E-state index contributed by atoms with van der Waals surface area (Å²) in [6.45, 7) is 5.39. The molecular weight excluding hydrogens is 244 g/mol. The number of nitrogens with zero attached hydrogens (tertiary/aromatic N) is 2. The monoisotopic (exact) mass is 268 g/mol. The smallest absolute Gasteiger partial charge is 0.245 e. The van der Waals surface area contributed by atoms with E-state index >= 15 is 0 Å². The lowest BCUT2D eigenvalue weighted by Gasteiger charge is -2.34. The summed E-state index contributed by atoms with van der Waals surface area (Å²) in [5.41, 5.74) is 0. The fraction of sp³-hybridized carbons (Fsp3) is 0.857. The molecule has 2 fully saturated rings. The molecule has 0 aromatic carbocycles. The summed E-state index contributed by atoms with van der Waals surface area (Å²) < 4.78 is 5.30. The molecule has 0 radical (unpaired) electrons. The summed E-state index contributed by atoms with van der Waals surface area (Å²) in [4.78, 5) is 28.2. The molecule has 0 spiro atoms. The Morgan fingerprint density at radius 3 is 2.89 bits per heavy atom. The van der Waals surface area contributed by atoms with Gasteiger partial charge in [-0.05, 0) is 32.6 Å². The second-order valence-corrected chi connectivity index (χ2v) is 5.22. The molecule has 2 aliphatic heterocycles. The lowest BCUT2D eigenvalue weighted by atomic mass is 10.0. The van der Waals surface area contributed by atoms with E-state index in [-0.39, 0.29) is 17.9 Å². The third-order valence-electron chi connectivity index (χ3n) is 3.94. The van der Waals surface area contributed by atoms with Crippen LogP contribution in [0.3, 0.4) is 0 Å². The van der Waals surface area contributed by atoms with Crippen LogP contribution in [0.15, 0.2) is 0 Å².